The molecule has 2 aromatic heterocycles. The minimum atomic E-state index is -4.77. The van der Waals surface area contributed by atoms with E-state index in [1.54, 1.807) is 30.3 Å². The second kappa shape index (κ2) is 7.37. The molecule has 0 fully saturated rings. The highest BCUT2D eigenvalue weighted by Gasteiger charge is 2.62. The van der Waals surface area contributed by atoms with E-state index in [1.165, 1.54) is 48.8 Å². The van der Waals surface area contributed by atoms with Gasteiger partial charge in [0.25, 0.3) is 0 Å². The molecule has 0 aliphatic carbocycles. The summed E-state index contributed by atoms with van der Waals surface area (Å²) in [5, 5.41) is 14.2. The zero-order chi connectivity index (χ0) is 23.3. The zero-order valence-electron chi connectivity index (χ0n) is 17.6. The van der Waals surface area contributed by atoms with Gasteiger partial charge in [0.1, 0.15) is 11.2 Å². The number of hydrogen-bond acceptors (Lipinski definition) is 5. The lowest BCUT2D eigenvalue weighted by Crippen LogP contribution is -2.50. The van der Waals surface area contributed by atoms with Gasteiger partial charge in [-0.25, -0.2) is 4.68 Å². The van der Waals surface area contributed by atoms with E-state index in [0.717, 1.165) is 0 Å². The lowest BCUT2D eigenvalue weighted by Gasteiger charge is -2.39. The molecule has 3 heterocycles. The van der Waals surface area contributed by atoms with Crippen LogP contribution >= 0.6 is 0 Å². The van der Waals surface area contributed by atoms with Crippen LogP contribution in [0.5, 0.6) is 11.5 Å². The lowest BCUT2D eigenvalue weighted by molar-refractivity contribution is -0.180. The molecule has 0 spiro atoms. The average molecular weight is 443 g/mol. The summed E-state index contributed by atoms with van der Waals surface area (Å²) in [6, 6.07) is 11.2. The summed E-state index contributed by atoms with van der Waals surface area (Å²) in [4.78, 5) is 0. The Balaban J connectivity index is 1.92. The number of hydrogen-bond donors (Lipinski definition) is 1. The van der Waals surface area contributed by atoms with E-state index in [9.17, 15) is 18.4 Å². The lowest BCUT2D eigenvalue weighted by atomic mass is 9.71. The van der Waals surface area contributed by atoms with Crippen molar-refractivity contribution in [1.82, 2.24) is 14.3 Å². The van der Waals surface area contributed by atoms with Crippen LogP contribution < -0.4 is 15.2 Å². The van der Waals surface area contributed by atoms with Gasteiger partial charge in [-0.2, -0.15) is 23.5 Å². The fourth-order valence-electron chi connectivity index (χ4n) is 4.24. The minimum absolute atomic E-state index is 0.0652. The largest absolute Gasteiger partial charge is 0.493 e. The number of nitrogens with zero attached hydrogens (tertiary/aromatic N) is 4. The highest BCUT2D eigenvalue weighted by atomic mass is 19.4. The molecule has 2 N–H and O–H groups in total. The molecule has 0 saturated heterocycles. The number of aromatic nitrogens is 3. The van der Waals surface area contributed by atoms with E-state index in [0.29, 0.717) is 22.8 Å². The van der Waals surface area contributed by atoms with Gasteiger partial charge in [0.2, 0.25) is 0 Å². The summed E-state index contributed by atoms with van der Waals surface area (Å²) in [5.41, 5.74) is 4.13. The molecule has 1 aliphatic heterocycles. The van der Waals surface area contributed by atoms with Crippen molar-refractivity contribution in [3.05, 3.63) is 59.6 Å². The minimum Gasteiger partial charge on any atom is -0.493 e. The SMILES string of the molecule is COc1ccc(-c2cc3n(n2)C(N)=C(C#N)C(c2cccn2C)(C(F)(F)F)C3)cc1OC. The molecule has 7 nitrogen and oxygen atoms in total. The number of aryl methyl sites for hydroxylation is 1. The molecule has 0 bridgehead atoms. The van der Waals surface area contributed by atoms with E-state index in [2.05, 4.69) is 5.10 Å². The number of nitriles is 1. The number of methoxy groups -OCH3 is 2. The van der Waals surface area contributed by atoms with Gasteiger partial charge in [0, 0.05) is 36.6 Å². The Kier molecular flexibility index (Phi) is 4.92. The fourth-order valence-corrected chi connectivity index (χ4v) is 4.24. The molecule has 0 amide bonds. The van der Waals surface area contributed by atoms with Gasteiger partial charge in [-0.05, 0) is 36.4 Å². The van der Waals surface area contributed by atoms with Crippen LogP contribution in [0.2, 0.25) is 0 Å². The van der Waals surface area contributed by atoms with Gasteiger partial charge in [-0.3, -0.25) is 0 Å². The predicted octanol–water partition coefficient (Wildman–Crippen LogP) is 3.61. The number of benzene rings is 1. The summed E-state index contributed by atoms with van der Waals surface area (Å²) in [6.45, 7) is 0. The van der Waals surface area contributed by atoms with Gasteiger partial charge >= 0.3 is 6.18 Å². The standard InChI is InChI=1S/C22H20F3N5O2/c1-29-8-4-5-19(29)21(22(23,24)25)11-14-10-16(28-30(14)20(27)15(21)12-26)13-6-7-17(31-2)18(9-13)32-3/h4-10H,11,27H2,1-3H3. The number of alkyl halides is 3. The Labute approximate surface area is 182 Å². The average Bonchev–Trinajstić information content (AvgIpc) is 3.38. The van der Waals surface area contributed by atoms with Gasteiger partial charge < -0.3 is 19.8 Å². The van der Waals surface area contributed by atoms with Crippen molar-refractivity contribution in [3.8, 4) is 28.8 Å². The normalized spacial score (nSPS) is 18.3. The predicted molar refractivity (Wildman–Crippen MR) is 111 cm³/mol. The van der Waals surface area contributed by atoms with Crippen molar-refractivity contribution in [1.29, 1.82) is 5.26 Å². The van der Waals surface area contributed by atoms with Gasteiger partial charge in [-0.15, -0.1) is 0 Å². The molecule has 32 heavy (non-hydrogen) atoms. The quantitative estimate of drug-likeness (QED) is 0.665. The van der Waals surface area contributed by atoms with Crippen molar-refractivity contribution in [3.63, 3.8) is 0 Å². The van der Waals surface area contributed by atoms with Gasteiger partial charge in [-0.1, -0.05) is 0 Å². The number of halogens is 3. The first-order valence-electron chi connectivity index (χ1n) is 9.58. The maximum absolute atomic E-state index is 14.6. The Morgan fingerprint density at radius 3 is 2.44 bits per heavy atom. The molecular weight excluding hydrogens is 423 g/mol. The third-order valence-corrected chi connectivity index (χ3v) is 5.80. The first-order chi connectivity index (χ1) is 15.2. The second-order valence-electron chi connectivity index (χ2n) is 7.46. The first kappa shape index (κ1) is 21.4. The Morgan fingerprint density at radius 2 is 1.88 bits per heavy atom. The maximum atomic E-state index is 14.6. The molecule has 0 saturated carbocycles. The van der Waals surface area contributed by atoms with Crippen molar-refractivity contribution < 1.29 is 22.6 Å². The molecule has 1 atom stereocenters. The molecule has 3 aromatic rings. The maximum Gasteiger partial charge on any atom is 0.405 e. The number of fused-ring (bicyclic) bond motifs is 1. The molecule has 1 unspecified atom stereocenters. The van der Waals surface area contributed by atoms with Gasteiger partial charge in [0.05, 0.1) is 31.6 Å². The summed E-state index contributed by atoms with van der Waals surface area (Å²) in [5.74, 6) is 0.607. The van der Waals surface area contributed by atoms with Crippen molar-refractivity contribution in [2.45, 2.75) is 18.0 Å². The molecule has 4 rings (SSSR count). The Bertz CT molecular complexity index is 1270. The third kappa shape index (κ3) is 2.92. The van der Waals surface area contributed by atoms with Crippen LogP contribution in [0, 0.1) is 11.3 Å². The highest BCUT2D eigenvalue weighted by Crippen LogP contribution is 2.52. The van der Waals surface area contributed by atoms with E-state index >= 15 is 0 Å². The van der Waals surface area contributed by atoms with E-state index in [-0.39, 0.29) is 17.2 Å². The van der Waals surface area contributed by atoms with E-state index in [1.807, 2.05) is 0 Å². The van der Waals surface area contributed by atoms with Gasteiger partial charge in [0.15, 0.2) is 11.5 Å². The molecule has 166 valence electrons. The monoisotopic (exact) mass is 443 g/mol. The summed E-state index contributed by atoms with van der Waals surface area (Å²) in [6.07, 6.45) is -3.78. The summed E-state index contributed by atoms with van der Waals surface area (Å²) >= 11 is 0. The Morgan fingerprint density at radius 1 is 1.16 bits per heavy atom. The molecule has 10 heteroatoms. The topological polar surface area (TPSA) is 91.0 Å². The molecule has 1 aliphatic rings. The van der Waals surface area contributed by atoms with Crippen LogP contribution in [0.25, 0.3) is 17.1 Å². The zero-order valence-corrected chi connectivity index (χ0v) is 17.6. The fraction of sp³-hybridized carbons (Fsp3) is 0.273. The van der Waals surface area contributed by atoms with Crippen molar-refractivity contribution >= 4 is 5.82 Å². The summed E-state index contributed by atoms with van der Waals surface area (Å²) < 4.78 is 57.0. The van der Waals surface area contributed by atoms with Crippen LogP contribution in [0.3, 0.4) is 0 Å². The molecular formula is C22H20F3N5O2. The van der Waals surface area contributed by atoms with Crippen LogP contribution in [-0.4, -0.2) is 34.7 Å². The van der Waals surface area contributed by atoms with Crippen LogP contribution in [-0.2, 0) is 18.9 Å². The van der Waals surface area contributed by atoms with Crippen LogP contribution in [0.4, 0.5) is 13.2 Å². The number of rotatable bonds is 4. The number of ether oxygens (including phenoxy) is 2. The smallest absolute Gasteiger partial charge is 0.405 e. The third-order valence-electron chi connectivity index (χ3n) is 5.80. The Hall–Kier alpha value is -3.87. The van der Waals surface area contributed by atoms with Crippen molar-refractivity contribution in [2.24, 2.45) is 12.8 Å². The summed E-state index contributed by atoms with van der Waals surface area (Å²) in [7, 11) is 4.49. The van der Waals surface area contributed by atoms with Crippen LogP contribution in [0.1, 0.15) is 11.4 Å². The highest BCUT2D eigenvalue weighted by molar-refractivity contribution is 5.69. The molecule has 1 aromatic carbocycles. The van der Waals surface area contributed by atoms with E-state index < -0.39 is 23.6 Å². The number of nitrogens with two attached hydrogens (primary N) is 1. The first-order valence-corrected chi connectivity index (χ1v) is 9.58. The van der Waals surface area contributed by atoms with E-state index in [4.69, 9.17) is 15.2 Å². The van der Waals surface area contributed by atoms with Crippen LogP contribution in [0.15, 0.2) is 48.2 Å². The van der Waals surface area contributed by atoms with Crippen molar-refractivity contribution in [2.75, 3.05) is 14.2 Å². The molecule has 0 radical (unpaired) electrons. The second-order valence-corrected chi connectivity index (χ2v) is 7.46. The number of allylic oxidation sites excluding steroid dienone is 1.